The van der Waals surface area contributed by atoms with Crippen LogP contribution >= 0.6 is 0 Å². The summed E-state index contributed by atoms with van der Waals surface area (Å²) in [6.45, 7) is 7.10. The summed E-state index contributed by atoms with van der Waals surface area (Å²) < 4.78 is 1.95. The molecule has 0 amide bonds. The van der Waals surface area contributed by atoms with E-state index < -0.39 is 0 Å². The number of nitrogens with zero attached hydrogens (tertiary/aromatic N) is 4. The van der Waals surface area contributed by atoms with Gasteiger partial charge in [0.2, 0.25) is 0 Å². The van der Waals surface area contributed by atoms with Crippen LogP contribution < -0.4 is 5.73 Å². The van der Waals surface area contributed by atoms with Crippen molar-refractivity contribution in [1.82, 2.24) is 19.6 Å². The molecule has 2 fully saturated rings. The summed E-state index contributed by atoms with van der Waals surface area (Å²) in [5.74, 6) is 0. The van der Waals surface area contributed by atoms with Crippen LogP contribution in [0.2, 0.25) is 0 Å². The van der Waals surface area contributed by atoms with Gasteiger partial charge in [-0.05, 0) is 38.9 Å². The molecule has 1 atom stereocenters. The third kappa shape index (κ3) is 2.67. The van der Waals surface area contributed by atoms with Gasteiger partial charge in [0.25, 0.3) is 0 Å². The highest BCUT2D eigenvalue weighted by Crippen LogP contribution is 2.21. The molecule has 3 heterocycles. The lowest BCUT2D eigenvalue weighted by Gasteiger charge is -2.25. The van der Waals surface area contributed by atoms with Crippen molar-refractivity contribution in [2.24, 2.45) is 0 Å². The van der Waals surface area contributed by atoms with Crippen molar-refractivity contribution in [2.45, 2.75) is 31.8 Å². The van der Waals surface area contributed by atoms with E-state index in [1.807, 2.05) is 10.9 Å². The van der Waals surface area contributed by atoms with Crippen molar-refractivity contribution >= 4 is 5.69 Å². The topological polar surface area (TPSA) is 50.3 Å². The van der Waals surface area contributed by atoms with Crippen molar-refractivity contribution in [3.05, 3.63) is 12.4 Å². The fraction of sp³-hybridized carbons (Fsp3) is 0.769. The molecule has 2 saturated heterocycles. The number of hydrogen-bond donors (Lipinski definition) is 1. The number of nitrogen functional groups attached to an aromatic ring is 1. The van der Waals surface area contributed by atoms with E-state index in [2.05, 4.69) is 14.9 Å². The Balaban J connectivity index is 1.52. The molecule has 5 nitrogen and oxygen atoms in total. The van der Waals surface area contributed by atoms with Crippen molar-refractivity contribution in [3.63, 3.8) is 0 Å². The van der Waals surface area contributed by atoms with Gasteiger partial charge in [0, 0.05) is 25.3 Å². The summed E-state index contributed by atoms with van der Waals surface area (Å²) in [5, 5.41) is 4.24. The molecule has 0 aromatic carbocycles. The van der Waals surface area contributed by atoms with E-state index in [0.29, 0.717) is 0 Å². The highest BCUT2D eigenvalue weighted by atomic mass is 15.3. The summed E-state index contributed by atoms with van der Waals surface area (Å²) in [6, 6.07) is 0.801. The Hall–Kier alpha value is -1.07. The first-order chi connectivity index (χ1) is 8.81. The second kappa shape index (κ2) is 5.28. The predicted molar refractivity (Wildman–Crippen MR) is 72.3 cm³/mol. The zero-order valence-corrected chi connectivity index (χ0v) is 11.0. The number of rotatable bonds is 3. The van der Waals surface area contributed by atoms with Crippen LogP contribution in [-0.2, 0) is 6.54 Å². The summed E-state index contributed by atoms with van der Waals surface area (Å²) in [5.41, 5.74) is 6.44. The van der Waals surface area contributed by atoms with Crippen LogP contribution in [0.15, 0.2) is 12.4 Å². The van der Waals surface area contributed by atoms with E-state index >= 15 is 0 Å². The highest BCUT2D eigenvalue weighted by Gasteiger charge is 2.28. The number of nitrogens with two attached hydrogens (primary N) is 1. The van der Waals surface area contributed by atoms with Gasteiger partial charge in [-0.1, -0.05) is 0 Å². The molecular formula is C13H23N5. The van der Waals surface area contributed by atoms with Crippen LogP contribution in [0.5, 0.6) is 0 Å². The summed E-state index contributed by atoms with van der Waals surface area (Å²) in [6.07, 6.45) is 7.71. The van der Waals surface area contributed by atoms with Crippen LogP contribution in [0.4, 0.5) is 5.69 Å². The van der Waals surface area contributed by atoms with Crippen LogP contribution in [0, 0.1) is 0 Å². The van der Waals surface area contributed by atoms with Gasteiger partial charge in [-0.2, -0.15) is 5.10 Å². The summed E-state index contributed by atoms with van der Waals surface area (Å²) in [4.78, 5) is 5.26. The third-order valence-electron chi connectivity index (χ3n) is 4.19. The fourth-order valence-corrected chi connectivity index (χ4v) is 3.23. The SMILES string of the molecule is Nc1cnn(CCN2CCCN3CCCC3C2)c1. The molecule has 18 heavy (non-hydrogen) atoms. The molecule has 3 rings (SSSR count). The normalized spacial score (nSPS) is 26.1. The Morgan fingerprint density at radius 3 is 2.94 bits per heavy atom. The average Bonchev–Trinajstić information content (AvgIpc) is 2.92. The van der Waals surface area contributed by atoms with Gasteiger partial charge >= 0.3 is 0 Å². The first-order valence-corrected chi connectivity index (χ1v) is 7.05. The number of anilines is 1. The van der Waals surface area contributed by atoms with Gasteiger partial charge in [-0.15, -0.1) is 0 Å². The minimum Gasteiger partial charge on any atom is -0.396 e. The van der Waals surface area contributed by atoms with Crippen molar-refractivity contribution in [2.75, 3.05) is 38.5 Å². The molecule has 1 aromatic heterocycles. The number of aromatic nitrogens is 2. The van der Waals surface area contributed by atoms with Crippen molar-refractivity contribution in [3.8, 4) is 0 Å². The molecule has 2 N–H and O–H groups in total. The maximum absolute atomic E-state index is 5.68. The first-order valence-electron chi connectivity index (χ1n) is 7.05. The molecule has 0 aliphatic carbocycles. The van der Waals surface area contributed by atoms with Gasteiger partial charge in [0.1, 0.15) is 0 Å². The van der Waals surface area contributed by atoms with Crippen molar-refractivity contribution in [1.29, 1.82) is 0 Å². The molecule has 100 valence electrons. The maximum atomic E-state index is 5.68. The standard InChI is InChI=1S/C13H23N5/c14-12-9-15-18(10-12)8-7-16-4-2-6-17-5-1-3-13(17)11-16/h9-10,13H,1-8,11,14H2. The van der Waals surface area contributed by atoms with Crippen LogP contribution in [-0.4, -0.2) is 58.3 Å². The van der Waals surface area contributed by atoms with E-state index in [-0.39, 0.29) is 0 Å². The molecule has 2 aliphatic heterocycles. The first kappa shape index (κ1) is 12.0. The van der Waals surface area contributed by atoms with Crippen LogP contribution in [0.25, 0.3) is 0 Å². The molecule has 1 aromatic rings. The Morgan fingerprint density at radius 1 is 1.22 bits per heavy atom. The fourth-order valence-electron chi connectivity index (χ4n) is 3.23. The molecule has 2 aliphatic rings. The maximum Gasteiger partial charge on any atom is 0.0719 e. The van der Waals surface area contributed by atoms with E-state index in [0.717, 1.165) is 24.8 Å². The molecule has 0 spiro atoms. The summed E-state index contributed by atoms with van der Waals surface area (Å²) >= 11 is 0. The van der Waals surface area contributed by atoms with Gasteiger partial charge in [-0.25, -0.2) is 0 Å². The smallest absolute Gasteiger partial charge is 0.0719 e. The van der Waals surface area contributed by atoms with E-state index in [9.17, 15) is 0 Å². The molecule has 0 bridgehead atoms. The zero-order valence-electron chi connectivity index (χ0n) is 11.0. The lowest BCUT2D eigenvalue weighted by Crippen LogP contribution is -2.37. The Morgan fingerprint density at radius 2 is 2.11 bits per heavy atom. The van der Waals surface area contributed by atoms with E-state index in [4.69, 9.17) is 5.73 Å². The largest absolute Gasteiger partial charge is 0.396 e. The average molecular weight is 249 g/mol. The molecular weight excluding hydrogens is 226 g/mol. The predicted octanol–water partition coefficient (Wildman–Crippen LogP) is 0.635. The monoisotopic (exact) mass is 249 g/mol. The molecule has 0 saturated carbocycles. The quantitative estimate of drug-likeness (QED) is 0.854. The van der Waals surface area contributed by atoms with Gasteiger partial charge in [0.05, 0.1) is 18.4 Å². The minimum absolute atomic E-state index is 0.757. The Kier molecular flexibility index (Phi) is 3.52. The Labute approximate surface area is 109 Å². The van der Waals surface area contributed by atoms with Crippen LogP contribution in [0.3, 0.4) is 0 Å². The second-order valence-corrected chi connectivity index (χ2v) is 5.52. The third-order valence-corrected chi connectivity index (χ3v) is 4.19. The molecule has 1 unspecified atom stereocenters. The number of fused-ring (bicyclic) bond motifs is 1. The lowest BCUT2D eigenvalue weighted by molar-refractivity contribution is 0.214. The Bertz CT molecular complexity index is 388. The van der Waals surface area contributed by atoms with Crippen molar-refractivity contribution < 1.29 is 0 Å². The van der Waals surface area contributed by atoms with E-state index in [1.54, 1.807) is 6.20 Å². The molecule has 0 radical (unpaired) electrons. The zero-order chi connectivity index (χ0) is 12.4. The van der Waals surface area contributed by atoms with E-state index in [1.165, 1.54) is 45.4 Å². The highest BCUT2D eigenvalue weighted by molar-refractivity contribution is 5.30. The lowest BCUT2D eigenvalue weighted by atomic mass is 10.2. The minimum atomic E-state index is 0.757. The second-order valence-electron chi connectivity index (χ2n) is 5.52. The summed E-state index contributed by atoms with van der Waals surface area (Å²) in [7, 11) is 0. The van der Waals surface area contributed by atoms with Gasteiger partial charge < -0.3 is 5.73 Å². The number of hydrogen-bond acceptors (Lipinski definition) is 4. The van der Waals surface area contributed by atoms with Gasteiger partial charge in [0.15, 0.2) is 0 Å². The van der Waals surface area contributed by atoms with Crippen LogP contribution in [0.1, 0.15) is 19.3 Å². The van der Waals surface area contributed by atoms with Gasteiger partial charge in [-0.3, -0.25) is 14.5 Å². The molecule has 5 heteroatoms.